The number of aromatic nitrogens is 2. The SMILES string of the molecule is COc1ccc(C2CCCN(Cc3nccc(OC)n3)C2)cc1. The molecule has 1 fully saturated rings. The molecule has 5 heteroatoms. The van der Waals surface area contributed by atoms with Gasteiger partial charge in [-0.1, -0.05) is 12.1 Å². The monoisotopic (exact) mass is 313 g/mol. The van der Waals surface area contributed by atoms with Crippen molar-refractivity contribution in [3.8, 4) is 11.6 Å². The minimum Gasteiger partial charge on any atom is -0.497 e. The van der Waals surface area contributed by atoms with Crippen LogP contribution in [0.4, 0.5) is 0 Å². The molecule has 0 amide bonds. The lowest BCUT2D eigenvalue weighted by molar-refractivity contribution is 0.195. The van der Waals surface area contributed by atoms with E-state index in [1.54, 1.807) is 26.5 Å². The molecule has 5 nitrogen and oxygen atoms in total. The molecule has 1 aromatic heterocycles. The molecule has 23 heavy (non-hydrogen) atoms. The zero-order valence-electron chi connectivity index (χ0n) is 13.7. The predicted octanol–water partition coefficient (Wildman–Crippen LogP) is 2.87. The van der Waals surface area contributed by atoms with Gasteiger partial charge >= 0.3 is 0 Å². The summed E-state index contributed by atoms with van der Waals surface area (Å²) < 4.78 is 10.4. The van der Waals surface area contributed by atoms with Gasteiger partial charge in [-0.3, -0.25) is 4.90 Å². The Morgan fingerprint density at radius 3 is 2.70 bits per heavy atom. The van der Waals surface area contributed by atoms with Gasteiger partial charge in [-0.2, -0.15) is 4.98 Å². The molecular formula is C18H23N3O2. The Labute approximate surface area is 137 Å². The van der Waals surface area contributed by atoms with Crippen LogP contribution in [0.3, 0.4) is 0 Å². The van der Waals surface area contributed by atoms with Crippen molar-refractivity contribution < 1.29 is 9.47 Å². The number of nitrogens with zero attached hydrogens (tertiary/aromatic N) is 3. The van der Waals surface area contributed by atoms with Crippen LogP contribution >= 0.6 is 0 Å². The summed E-state index contributed by atoms with van der Waals surface area (Å²) in [6.45, 7) is 2.89. The van der Waals surface area contributed by atoms with Crippen LogP contribution in [0.2, 0.25) is 0 Å². The van der Waals surface area contributed by atoms with Gasteiger partial charge in [-0.05, 0) is 43.0 Å². The molecule has 122 valence electrons. The topological polar surface area (TPSA) is 47.5 Å². The van der Waals surface area contributed by atoms with Crippen LogP contribution in [0.15, 0.2) is 36.5 Å². The summed E-state index contributed by atoms with van der Waals surface area (Å²) in [5.41, 5.74) is 1.38. The zero-order valence-corrected chi connectivity index (χ0v) is 13.7. The minimum atomic E-state index is 0.556. The highest BCUT2D eigenvalue weighted by molar-refractivity contribution is 5.29. The molecule has 2 heterocycles. The van der Waals surface area contributed by atoms with E-state index in [0.717, 1.165) is 31.2 Å². The Morgan fingerprint density at radius 1 is 1.13 bits per heavy atom. The number of hydrogen-bond donors (Lipinski definition) is 0. The number of hydrogen-bond acceptors (Lipinski definition) is 5. The van der Waals surface area contributed by atoms with E-state index in [2.05, 4.69) is 27.0 Å². The lowest BCUT2D eigenvalue weighted by atomic mass is 9.90. The van der Waals surface area contributed by atoms with Crippen molar-refractivity contribution in [1.29, 1.82) is 0 Å². The summed E-state index contributed by atoms with van der Waals surface area (Å²) in [6.07, 6.45) is 4.18. The first-order valence-corrected chi connectivity index (χ1v) is 8.00. The molecular weight excluding hydrogens is 290 g/mol. The van der Waals surface area contributed by atoms with Gasteiger partial charge in [0.05, 0.1) is 20.8 Å². The van der Waals surface area contributed by atoms with Crippen LogP contribution in [0.25, 0.3) is 0 Å². The summed E-state index contributed by atoms with van der Waals surface area (Å²) >= 11 is 0. The standard InChI is InChI=1S/C18H23N3O2/c1-22-16-7-5-14(6-8-16)15-4-3-11-21(12-15)13-17-19-10-9-18(20-17)23-2/h5-10,15H,3-4,11-13H2,1-2H3. The van der Waals surface area contributed by atoms with E-state index >= 15 is 0 Å². The zero-order chi connectivity index (χ0) is 16.1. The number of benzene rings is 1. The number of piperidine rings is 1. The summed E-state index contributed by atoms with van der Waals surface area (Å²) in [7, 11) is 3.33. The Kier molecular flexibility index (Phi) is 5.08. The van der Waals surface area contributed by atoms with Crippen molar-refractivity contribution >= 4 is 0 Å². The molecule has 1 atom stereocenters. The van der Waals surface area contributed by atoms with Gasteiger partial charge in [0.1, 0.15) is 11.6 Å². The van der Waals surface area contributed by atoms with Crippen LogP contribution in [0.5, 0.6) is 11.6 Å². The molecule has 0 radical (unpaired) electrons. The molecule has 0 aliphatic carbocycles. The number of methoxy groups -OCH3 is 2. The highest BCUT2D eigenvalue weighted by Crippen LogP contribution is 2.28. The average molecular weight is 313 g/mol. The third kappa shape index (κ3) is 3.99. The number of ether oxygens (including phenoxy) is 2. The normalized spacial score (nSPS) is 18.6. The predicted molar refractivity (Wildman–Crippen MR) is 88.8 cm³/mol. The quantitative estimate of drug-likeness (QED) is 0.849. The maximum atomic E-state index is 5.24. The van der Waals surface area contributed by atoms with Crippen molar-refractivity contribution in [3.63, 3.8) is 0 Å². The molecule has 0 bridgehead atoms. The minimum absolute atomic E-state index is 0.556. The Morgan fingerprint density at radius 2 is 1.96 bits per heavy atom. The van der Waals surface area contributed by atoms with Crippen LogP contribution in [-0.4, -0.2) is 42.2 Å². The highest BCUT2D eigenvalue weighted by atomic mass is 16.5. The molecule has 2 aromatic rings. The van der Waals surface area contributed by atoms with Crippen molar-refractivity contribution in [2.75, 3.05) is 27.3 Å². The molecule has 0 N–H and O–H groups in total. The Balaban J connectivity index is 1.65. The Hall–Kier alpha value is -2.14. The summed E-state index contributed by atoms with van der Waals surface area (Å²) in [4.78, 5) is 11.2. The fourth-order valence-corrected chi connectivity index (χ4v) is 3.12. The van der Waals surface area contributed by atoms with Crippen molar-refractivity contribution in [2.24, 2.45) is 0 Å². The van der Waals surface area contributed by atoms with E-state index in [1.165, 1.54) is 18.4 Å². The van der Waals surface area contributed by atoms with Gasteiger partial charge in [0, 0.05) is 18.8 Å². The van der Waals surface area contributed by atoms with Gasteiger partial charge in [0.2, 0.25) is 5.88 Å². The van der Waals surface area contributed by atoms with Gasteiger partial charge in [0.25, 0.3) is 0 Å². The van der Waals surface area contributed by atoms with Crippen molar-refractivity contribution in [2.45, 2.75) is 25.3 Å². The van der Waals surface area contributed by atoms with Crippen LogP contribution in [-0.2, 0) is 6.54 Å². The van der Waals surface area contributed by atoms with Gasteiger partial charge in [0.15, 0.2) is 0 Å². The summed E-state index contributed by atoms with van der Waals surface area (Å²) in [5.74, 6) is 2.91. The lowest BCUT2D eigenvalue weighted by Crippen LogP contribution is -2.34. The second-order valence-electron chi connectivity index (χ2n) is 5.86. The summed E-state index contributed by atoms with van der Waals surface area (Å²) in [5, 5.41) is 0. The molecule has 1 unspecified atom stereocenters. The van der Waals surface area contributed by atoms with E-state index < -0.39 is 0 Å². The van der Waals surface area contributed by atoms with E-state index in [9.17, 15) is 0 Å². The van der Waals surface area contributed by atoms with E-state index in [1.807, 2.05) is 12.1 Å². The van der Waals surface area contributed by atoms with Crippen molar-refractivity contribution in [3.05, 3.63) is 47.9 Å². The average Bonchev–Trinajstić information content (AvgIpc) is 2.62. The molecule has 3 rings (SSSR count). The highest BCUT2D eigenvalue weighted by Gasteiger charge is 2.22. The lowest BCUT2D eigenvalue weighted by Gasteiger charge is -2.32. The first-order chi connectivity index (χ1) is 11.3. The van der Waals surface area contributed by atoms with E-state index in [4.69, 9.17) is 9.47 Å². The smallest absolute Gasteiger partial charge is 0.216 e. The molecule has 0 saturated carbocycles. The number of rotatable bonds is 5. The van der Waals surface area contributed by atoms with Crippen LogP contribution in [0, 0.1) is 0 Å². The van der Waals surface area contributed by atoms with Gasteiger partial charge < -0.3 is 9.47 Å². The second-order valence-corrected chi connectivity index (χ2v) is 5.86. The van der Waals surface area contributed by atoms with Crippen LogP contribution in [0.1, 0.15) is 30.1 Å². The fourth-order valence-electron chi connectivity index (χ4n) is 3.12. The maximum absolute atomic E-state index is 5.24. The third-order valence-electron chi connectivity index (χ3n) is 4.35. The maximum Gasteiger partial charge on any atom is 0.216 e. The first-order valence-electron chi connectivity index (χ1n) is 8.00. The van der Waals surface area contributed by atoms with Crippen LogP contribution < -0.4 is 9.47 Å². The van der Waals surface area contributed by atoms with E-state index in [-0.39, 0.29) is 0 Å². The molecule has 1 aliphatic rings. The molecule has 1 saturated heterocycles. The molecule has 1 aromatic carbocycles. The first kappa shape index (κ1) is 15.7. The van der Waals surface area contributed by atoms with Crippen molar-refractivity contribution in [1.82, 2.24) is 14.9 Å². The molecule has 1 aliphatic heterocycles. The number of likely N-dealkylation sites (tertiary alicyclic amines) is 1. The summed E-state index contributed by atoms with van der Waals surface area (Å²) in [6, 6.07) is 10.2. The second kappa shape index (κ2) is 7.42. The van der Waals surface area contributed by atoms with Gasteiger partial charge in [-0.25, -0.2) is 4.98 Å². The Bertz CT molecular complexity index is 630. The van der Waals surface area contributed by atoms with Gasteiger partial charge in [-0.15, -0.1) is 0 Å². The van der Waals surface area contributed by atoms with E-state index in [0.29, 0.717) is 11.8 Å². The third-order valence-corrected chi connectivity index (χ3v) is 4.35. The fraction of sp³-hybridized carbons (Fsp3) is 0.444. The molecule has 0 spiro atoms. The largest absolute Gasteiger partial charge is 0.497 e.